The lowest BCUT2D eigenvalue weighted by Crippen LogP contribution is -2.42. The molecule has 1 saturated heterocycles. The van der Waals surface area contributed by atoms with Crippen LogP contribution in [0.25, 0.3) is 5.69 Å². The third-order valence-electron chi connectivity index (χ3n) is 4.01. The summed E-state index contributed by atoms with van der Waals surface area (Å²) in [4.78, 5) is 18.8. The summed E-state index contributed by atoms with van der Waals surface area (Å²) in [6, 6.07) is 9.93. The van der Waals surface area contributed by atoms with Gasteiger partial charge in [0, 0.05) is 25.0 Å². The van der Waals surface area contributed by atoms with E-state index in [1.54, 1.807) is 6.33 Å². The van der Waals surface area contributed by atoms with Gasteiger partial charge in [0.05, 0.1) is 0 Å². The highest BCUT2D eigenvalue weighted by atomic mass is 16.2. The molecule has 1 fully saturated rings. The van der Waals surface area contributed by atoms with Crippen molar-refractivity contribution in [2.24, 2.45) is 11.8 Å². The van der Waals surface area contributed by atoms with Crippen LogP contribution in [-0.4, -0.2) is 33.4 Å². The third kappa shape index (κ3) is 2.99. The van der Waals surface area contributed by atoms with Crippen LogP contribution in [0.4, 0.5) is 0 Å². The zero-order valence-electron chi connectivity index (χ0n) is 12.6. The molecule has 2 atom stereocenters. The van der Waals surface area contributed by atoms with Gasteiger partial charge in [-0.1, -0.05) is 32.0 Å². The summed E-state index contributed by atoms with van der Waals surface area (Å²) in [6.07, 6.45) is 4.73. The van der Waals surface area contributed by atoms with E-state index in [1.807, 2.05) is 46.0 Å². The van der Waals surface area contributed by atoms with Gasteiger partial charge < -0.3 is 9.47 Å². The Kier molecular flexibility index (Phi) is 3.78. The Hall–Kier alpha value is -2.10. The molecule has 2 aromatic rings. The summed E-state index contributed by atoms with van der Waals surface area (Å²) in [5.74, 6) is 1.17. The Morgan fingerprint density at radius 3 is 2.48 bits per heavy atom. The van der Waals surface area contributed by atoms with Gasteiger partial charge in [-0.15, -0.1) is 0 Å². The lowest BCUT2D eigenvalue weighted by Gasteiger charge is -2.34. The predicted octanol–water partition coefficient (Wildman–Crippen LogP) is 2.99. The summed E-state index contributed by atoms with van der Waals surface area (Å²) in [5.41, 5.74) is 1.55. The monoisotopic (exact) mass is 283 g/mol. The molecule has 21 heavy (non-hydrogen) atoms. The minimum Gasteiger partial charge on any atom is -0.337 e. The van der Waals surface area contributed by atoms with Gasteiger partial charge in [-0.05, 0) is 30.4 Å². The molecule has 110 valence electrons. The van der Waals surface area contributed by atoms with E-state index in [9.17, 15) is 4.79 Å². The van der Waals surface area contributed by atoms with E-state index in [0.717, 1.165) is 18.8 Å². The molecule has 0 radical (unpaired) electrons. The number of hydrogen-bond acceptors (Lipinski definition) is 2. The summed E-state index contributed by atoms with van der Waals surface area (Å²) in [5, 5.41) is 0. The second-order valence-electron chi connectivity index (χ2n) is 6.16. The van der Waals surface area contributed by atoms with Crippen molar-refractivity contribution in [1.82, 2.24) is 14.5 Å². The molecule has 1 aliphatic rings. The van der Waals surface area contributed by atoms with E-state index < -0.39 is 0 Å². The molecule has 3 rings (SSSR count). The number of aromatic nitrogens is 2. The summed E-state index contributed by atoms with van der Waals surface area (Å²) in [6.45, 7) is 6.08. The highest BCUT2D eigenvalue weighted by molar-refractivity contribution is 5.92. The van der Waals surface area contributed by atoms with Crippen molar-refractivity contribution >= 4 is 5.91 Å². The normalized spacial score (nSPS) is 22.3. The summed E-state index contributed by atoms with van der Waals surface area (Å²) < 4.78 is 1.89. The van der Waals surface area contributed by atoms with E-state index in [2.05, 4.69) is 18.8 Å². The fraction of sp³-hybridized carbons (Fsp3) is 0.412. The average Bonchev–Trinajstić information content (AvgIpc) is 2.96. The van der Waals surface area contributed by atoms with Crippen molar-refractivity contribution in [2.75, 3.05) is 13.1 Å². The molecule has 0 unspecified atom stereocenters. The summed E-state index contributed by atoms with van der Waals surface area (Å²) in [7, 11) is 0. The topological polar surface area (TPSA) is 38.1 Å². The molecule has 1 aromatic heterocycles. The van der Waals surface area contributed by atoms with Gasteiger partial charge >= 0.3 is 0 Å². The van der Waals surface area contributed by atoms with Crippen molar-refractivity contribution in [3.05, 3.63) is 48.5 Å². The first kappa shape index (κ1) is 13.9. The smallest absolute Gasteiger partial charge is 0.274 e. The molecule has 1 aliphatic heterocycles. The van der Waals surface area contributed by atoms with Crippen LogP contribution in [0.2, 0.25) is 0 Å². The van der Waals surface area contributed by atoms with Gasteiger partial charge in [-0.25, -0.2) is 4.98 Å². The molecular weight excluding hydrogens is 262 g/mol. The van der Waals surface area contributed by atoms with E-state index in [-0.39, 0.29) is 5.91 Å². The SMILES string of the molecule is C[C@@H]1C[C@@H](C)CN(C(=O)c2cn(-c3ccccc3)cn2)C1. The van der Waals surface area contributed by atoms with Crippen LogP contribution < -0.4 is 0 Å². The summed E-state index contributed by atoms with van der Waals surface area (Å²) >= 11 is 0. The predicted molar refractivity (Wildman–Crippen MR) is 82.4 cm³/mol. The van der Waals surface area contributed by atoms with Gasteiger partial charge in [0.25, 0.3) is 5.91 Å². The number of likely N-dealkylation sites (tertiary alicyclic amines) is 1. The number of imidazole rings is 1. The lowest BCUT2D eigenvalue weighted by atomic mass is 9.92. The van der Waals surface area contributed by atoms with Crippen LogP contribution in [0.1, 0.15) is 30.8 Å². The van der Waals surface area contributed by atoms with Crippen molar-refractivity contribution in [1.29, 1.82) is 0 Å². The Bertz CT molecular complexity index is 610. The average molecular weight is 283 g/mol. The Morgan fingerprint density at radius 1 is 1.14 bits per heavy atom. The molecule has 0 bridgehead atoms. The van der Waals surface area contributed by atoms with Gasteiger partial charge in [-0.3, -0.25) is 4.79 Å². The van der Waals surface area contributed by atoms with Gasteiger partial charge in [0.1, 0.15) is 12.0 Å². The highest BCUT2D eigenvalue weighted by Crippen LogP contribution is 2.22. The van der Waals surface area contributed by atoms with Gasteiger partial charge in [0.15, 0.2) is 0 Å². The third-order valence-corrected chi connectivity index (χ3v) is 4.01. The molecule has 0 spiro atoms. The van der Waals surface area contributed by atoms with Crippen LogP contribution in [0, 0.1) is 11.8 Å². The van der Waals surface area contributed by atoms with Crippen LogP contribution in [0.5, 0.6) is 0 Å². The second kappa shape index (κ2) is 5.72. The number of carbonyl (C=O) groups is 1. The molecule has 1 aromatic carbocycles. The van der Waals surface area contributed by atoms with Crippen LogP contribution in [0.15, 0.2) is 42.9 Å². The maximum absolute atomic E-state index is 12.6. The highest BCUT2D eigenvalue weighted by Gasteiger charge is 2.27. The number of hydrogen-bond donors (Lipinski definition) is 0. The number of nitrogens with zero attached hydrogens (tertiary/aromatic N) is 3. The van der Waals surface area contributed by atoms with E-state index in [0.29, 0.717) is 17.5 Å². The fourth-order valence-electron chi connectivity index (χ4n) is 3.17. The largest absolute Gasteiger partial charge is 0.337 e. The zero-order chi connectivity index (χ0) is 14.8. The zero-order valence-corrected chi connectivity index (χ0v) is 12.6. The number of benzene rings is 1. The minimum atomic E-state index is 0.0445. The van der Waals surface area contributed by atoms with Crippen molar-refractivity contribution in [3.8, 4) is 5.69 Å². The van der Waals surface area contributed by atoms with Crippen LogP contribution in [-0.2, 0) is 0 Å². The van der Waals surface area contributed by atoms with Crippen molar-refractivity contribution < 1.29 is 4.79 Å². The van der Waals surface area contributed by atoms with Crippen molar-refractivity contribution in [3.63, 3.8) is 0 Å². The Labute approximate surface area is 125 Å². The molecule has 0 aliphatic carbocycles. The first-order valence-electron chi connectivity index (χ1n) is 7.52. The molecule has 4 heteroatoms. The number of amides is 1. The standard InChI is InChI=1S/C17H21N3O/c1-13-8-14(2)10-19(9-13)17(21)16-11-20(12-18-16)15-6-4-3-5-7-15/h3-7,11-14H,8-10H2,1-2H3/t13-,14-/m1/s1. The molecule has 0 saturated carbocycles. The van der Waals surface area contributed by atoms with Crippen LogP contribution >= 0.6 is 0 Å². The number of rotatable bonds is 2. The molecule has 1 amide bonds. The lowest BCUT2D eigenvalue weighted by molar-refractivity contribution is 0.0617. The van der Waals surface area contributed by atoms with E-state index in [1.165, 1.54) is 6.42 Å². The molecule has 0 N–H and O–H groups in total. The molecular formula is C17H21N3O. The first-order chi connectivity index (χ1) is 10.1. The molecule has 4 nitrogen and oxygen atoms in total. The van der Waals surface area contributed by atoms with Gasteiger partial charge in [0.2, 0.25) is 0 Å². The van der Waals surface area contributed by atoms with Gasteiger partial charge in [-0.2, -0.15) is 0 Å². The fourth-order valence-corrected chi connectivity index (χ4v) is 3.17. The number of piperidine rings is 1. The second-order valence-corrected chi connectivity index (χ2v) is 6.16. The Morgan fingerprint density at radius 2 is 1.81 bits per heavy atom. The van der Waals surface area contributed by atoms with Crippen molar-refractivity contribution in [2.45, 2.75) is 20.3 Å². The van der Waals surface area contributed by atoms with Crippen LogP contribution in [0.3, 0.4) is 0 Å². The number of para-hydroxylation sites is 1. The van der Waals surface area contributed by atoms with E-state index in [4.69, 9.17) is 0 Å². The molecule has 2 heterocycles. The Balaban J connectivity index is 1.78. The quantitative estimate of drug-likeness (QED) is 0.850. The maximum atomic E-state index is 12.6. The first-order valence-corrected chi connectivity index (χ1v) is 7.52. The van der Waals surface area contributed by atoms with E-state index >= 15 is 0 Å². The number of carbonyl (C=O) groups excluding carboxylic acids is 1. The minimum absolute atomic E-state index is 0.0445. The maximum Gasteiger partial charge on any atom is 0.274 e.